The molecular formula is C18H30O4. The van der Waals surface area contributed by atoms with Gasteiger partial charge >= 0.3 is 11.9 Å². The lowest BCUT2D eigenvalue weighted by atomic mass is 9.94. The van der Waals surface area contributed by atoms with E-state index in [4.69, 9.17) is 9.47 Å². The van der Waals surface area contributed by atoms with Gasteiger partial charge in [-0.15, -0.1) is 0 Å². The number of rotatable bonds is 7. The summed E-state index contributed by atoms with van der Waals surface area (Å²) in [5.74, 6) is -0.292. The maximum Gasteiger partial charge on any atom is 0.345 e. The lowest BCUT2D eigenvalue weighted by Crippen LogP contribution is -2.24. The zero-order valence-corrected chi connectivity index (χ0v) is 14.6. The van der Waals surface area contributed by atoms with Crippen molar-refractivity contribution in [2.24, 2.45) is 17.8 Å². The molecule has 1 saturated carbocycles. The third-order valence-electron chi connectivity index (χ3n) is 3.87. The van der Waals surface area contributed by atoms with E-state index in [-0.39, 0.29) is 17.4 Å². The van der Waals surface area contributed by atoms with Crippen LogP contribution in [-0.4, -0.2) is 25.2 Å². The molecule has 1 aliphatic carbocycles. The van der Waals surface area contributed by atoms with Gasteiger partial charge in [-0.05, 0) is 43.1 Å². The van der Waals surface area contributed by atoms with Gasteiger partial charge in [0.05, 0.1) is 13.2 Å². The first-order valence-corrected chi connectivity index (χ1v) is 8.37. The van der Waals surface area contributed by atoms with Gasteiger partial charge in [0.15, 0.2) is 0 Å². The van der Waals surface area contributed by atoms with E-state index in [1.54, 1.807) is 0 Å². The minimum atomic E-state index is -0.535. The minimum absolute atomic E-state index is 0.119. The molecule has 126 valence electrons. The average Bonchev–Trinajstić information content (AvgIpc) is 2.97. The van der Waals surface area contributed by atoms with E-state index in [2.05, 4.69) is 0 Å². The van der Waals surface area contributed by atoms with E-state index >= 15 is 0 Å². The molecule has 4 nitrogen and oxygen atoms in total. The highest BCUT2D eigenvalue weighted by Crippen LogP contribution is 2.33. The van der Waals surface area contributed by atoms with Crippen LogP contribution in [0.2, 0.25) is 0 Å². The van der Waals surface area contributed by atoms with Gasteiger partial charge in [-0.25, -0.2) is 9.59 Å². The second kappa shape index (κ2) is 8.96. The smallest absolute Gasteiger partial charge is 0.345 e. The molecule has 0 aromatic heterocycles. The monoisotopic (exact) mass is 310 g/mol. The number of ether oxygens (including phenoxy) is 2. The maximum absolute atomic E-state index is 12.4. The van der Waals surface area contributed by atoms with Crippen LogP contribution in [0.1, 0.15) is 60.3 Å². The standard InChI is InChI=1S/C18H30O4/c1-12(2)10-21-17(19)16(18(20)22-11-13(3)4)14(5)15-8-6-7-9-15/h12-13,15H,6-11H2,1-5H3. The van der Waals surface area contributed by atoms with Gasteiger partial charge in [-0.1, -0.05) is 40.5 Å². The Morgan fingerprint density at radius 3 is 1.68 bits per heavy atom. The van der Waals surface area contributed by atoms with E-state index in [9.17, 15) is 9.59 Å². The third kappa shape index (κ3) is 5.82. The van der Waals surface area contributed by atoms with Crippen LogP contribution in [0.25, 0.3) is 0 Å². The lowest BCUT2D eigenvalue weighted by Gasteiger charge is -2.17. The van der Waals surface area contributed by atoms with Gasteiger partial charge < -0.3 is 9.47 Å². The molecule has 0 spiro atoms. The number of hydrogen-bond acceptors (Lipinski definition) is 4. The van der Waals surface area contributed by atoms with E-state index in [0.29, 0.717) is 19.1 Å². The topological polar surface area (TPSA) is 52.6 Å². The first-order chi connectivity index (χ1) is 10.3. The van der Waals surface area contributed by atoms with Crippen LogP contribution in [0.3, 0.4) is 0 Å². The third-order valence-corrected chi connectivity index (χ3v) is 3.87. The Hall–Kier alpha value is -1.32. The molecule has 1 fully saturated rings. The highest BCUT2D eigenvalue weighted by molar-refractivity contribution is 6.14. The predicted molar refractivity (Wildman–Crippen MR) is 86.3 cm³/mol. The molecule has 0 aromatic carbocycles. The Bertz CT molecular complexity index is 389. The van der Waals surface area contributed by atoms with Crippen molar-refractivity contribution in [1.29, 1.82) is 0 Å². The quantitative estimate of drug-likeness (QED) is 0.310. The first-order valence-electron chi connectivity index (χ1n) is 8.37. The lowest BCUT2D eigenvalue weighted by molar-refractivity contribution is -0.148. The molecule has 22 heavy (non-hydrogen) atoms. The highest BCUT2D eigenvalue weighted by atomic mass is 16.6. The highest BCUT2D eigenvalue weighted by Gasteiger charge is 2.29. The number of carbonyl (C=O) groups excluding carboxylic acids is 2. The molecule has 0 radical (unpaired) electrons. The summed E-state index contributed by atoms with van der Waals surface area (Å²) in [4.78, 5) is 24.7. The number of hydrogen-bond donors (Lipinski definition) is 0. The second-order valence-corrected chi connectivity index (χ2v) is 7.02. The minimum Gasteiger partial charge on any atom is -0.462 e. The molecule has 0 N–H and O–H groups in total. The van der Waals surface area contributed by atoms with Crippen molar-refractivity contribution in [3.8, 4) is 0 Å². The summed E-state index contributed by atoms with van der Waals surface area (Å²) in [5.41, 5.74) is 0.952. The second-order valence-electron chi connectivity index (χ2n) is 7.02. The Labute approximate surface area is 134 Å². The molecular weight excluding hydrogens is 280 g/mol. The van der Waals surface area contributed by atoms with Gasteiger partial charge in [0.2, 0.25) is 0 Å². The molecule has 0 amide bonds. The van der Waals surface area contributed by atoms with Crippen LogP contribution in [0.5, 0.6) is 0 Å². The molecule has 0 unspecified atom stereocenters. The maximum atomic E-state index is 12.4. The normalized spacial score (nSPS) is 15.2. The van der Waals surface area contributed by atoms with Crippen molar-refractivity contribution in [3.63, 3.8) is 0 Å². The van der Waals surface area contributed by atoms with E-state index in [0.717, 1.165) is 31.3 Å². The molecule has 0 bridgehead atoms. The zero-order valence-electron chi connectivity index (χ0n) is 14.6. The van der Waals surface area contributed by atoms with Crippen LogP contribution >= 0.6 is 0 Å². The van der Waals surface area contributed by atoms with Gasteiger partial charge in [0, 0.05) is 0 Å². The summed E-state index contributed by atoms with van der Waals surface area (Å²) >= 11 is 0. The van der Waals surface area contributed by atoms with Crippen molar-refractivity contribution in [2.45, 2.75) is 60.3 Å². The Morgan fingerprint density at radius 2 is 1.32 bits per heavy atom. The Morgan fingerprint density at radius 1 is 0.909 bits per heavy atom. The van der Waals surface area contributed by atoms with Crippen molar-refractivity contribution in [3.05, 3.63) is 11.1 Å². The van der Waals surface area contributed by atoms with Crippen molar-refractivity contribution < 1.29 is 19.1 Å². The van der Waals surface area contributed by atoms with Gasteiger partial charge in [0.25, 0.3) is 0 Å². The number of carbonyl (C=O) groups is 2. The predicted octanol–water partition coefficient (Wildman–Crippen LogP) is 3.89. The number of esters is 2. The Kier molecular flexibility index (Phi) is 7.63. The van der Waals surface area contributed by atoms with Gasteiger partial charge in [0.1, 0.15) is 5.57 Å². The van der Waals surface area contributed by atoms with Crippen LogP contribution in [0.4, 0.5) is 0 Å². The Balaban J connectivity index is 2.90. The molecule has 1 rings (SSSR count). The molecule has 0 atom stereocenters. The largest absolute Gasteiger partial charge is 0.462 e. The molecule has 1 aliphatic rings. The SMILES string of the molecule is CC(=C(C(=O)OCC(C)C)C(=O)OCC(C)C)C1CCCC1. The van der Waals surface area contributed by atoms with Crippen LogP contribution in [0.15, 0.2) is 11.1 Å². The zero-order chi connectivity index (χ0) is 16.7. The van der Waals surface area contributed by atoms with Crippen molar-refractivity contribution in [1.82, 2.24) is 0 Å². The fourth-order valence-electron chi connectivity index (χ4n) is 2.60. The van der Waals surface area contributed by atoms with Crippen molar-refractivity contribution >= 4 is 11.9 Å². The molecule has 4 heteroatoms. The fourth-order valence-corrected chi connectivity index (χ4v) is 2.60. The summed E-state index contributed by atoms with van der Waals surface area (Å²) in [6, 6.07) is 0. The summed E-state index contributed by atoms with van der Waals surface area (Å²) in [6.07, 6.45) is 4.36. The van der Waals surface area contributed by atoms with Crippen LogP contribution in [-0.2, 0) is 19.1 Å². The fraction of sp³-hybridized carbons (Fsp3) is 0.778. The van der Waals surface area contributed by atoms with E-state index < -0.39 is 11.9 Å². The van der Waals surface area contributed by atoms with E-state index in [1.807, 2.05) is 34.6 Å². The van der Waals surface area contributed by atoms with Crippen LogP contribution < -0.4 is 0 Å². The average molecular weight is 310 g/mol. The molecule has 0 heterocycles. The number of allylic oxidation sites excluding steroid dienone is 1. The van der Waals surface area contributed by atoms with E-state index in [1.165, 1.54) is 0 Å². The summed E-state index contributed by atoms with van der Waals surface area (Å²) in [5, 5.41) is 0. The summed E-state index contributed by atoms with van der Waals surface area (Å²) < 4.78 is 10.6. The van der Waals surface area contributed by atoms with Crippen LogP contribution in [0, 0.1) is 17.8 Å². The molecule has 0 aliphatic heterocycles. The molecule has 0 saturated heterocycles. The van der Waals surface area contributed by atoms with Crippen molar-refractivity contribution in [2.75, 3.05) is 13.2 Å². The van der Waals surface area contributed by atoms with Gasteiger partial charge in [-0.2, -0.15) is 0 Å². The summed E-state index contributed by atoms with van der Waals surface area (Å²) in [7, 11) is 0. The molecule has 0 aromatic rings. The summed E-state index contributed by atoms with van der Waals surface area (Å²) in [6.45, 7) is 10.4. The first kappa shape index (κ1) is 18.7. The van der Waals surface area contributed by atoms with Gasteiger partial charge in [-0.3, -0.25) is 0 Å².